The molecule has 4 rings (SSSR count). The number of fused-ring (bicyclic) bond motifs is 2. The molecule has 1 aliphatic heterocycles. The van der Waals surface area contributed by atoms with Gasteiger partial charge >= 0.3 is 0 Å². The van der Waals surface area contributed by atoms with Crippen LogP contribution < -0.4 is 19.1 Å². The second-order valence-corrected chi connectivity index (χ2v) is 8.29. The van der Waals surface area contributed by atoms with Crippen LogP contribution in [0, 0.1) is 0 Å². The summed E-state index contributed by atoms with van der Waals surface area (Å²) in [7, 11) is -3.68. The van der Waals surface area contributed by atoms with E-state index in [0.29, 0.717) is 22.9 Å². The lowest BCUT2D eigenvalue weighted by Crippen LogP contribution is -2.37. The van der Waals surface area contributed by atoms with Crippen molar-refractivity contribution in [1.82, 2.24) is 0 Å². The number of amides is 1. The van der Waals surface area contributed by atoms with Crippen LogP contribution in [0.1, 0.15) is 0 Å². The van der Waals surface area contributed by atoms with Crippen molar-refractivity contribution in [1.29, 1.82) is 0 Å². The van der Waals surface area contributed by atoms with Crippen molar-refractivity contribution in [3.05, 3.63) is 60.7 Å². The van der Waals surface area contributed by atoms with E-state index in [1.807, 2.05) is 30.3 Å². The molecule has 3 aromatic rings. The van der Waals surface area contributed by atoms with E-state index in [2.05, 4.69) is 5.32 Å². The lowest BCUT2D eigenvalue weighted by Gasteiger charge is -2.23. The predicted molar refractivity (Wildman–Crippen MR) is 107 cm³/mol. The van der Waals surface area contributed by atoms with Crippen LogP contribution in [0.15, 0.2) is 60.7 Å². The topological polar surface area (TPSA) is 84.9 Å². The number of carbonyl (C=O) groups is 1. The molecule has 0 atom stereocenters. The van der Waals surface area contributed by atoms with E-state index in [9.17, 15) is 13.2 Å². The number of carbonyl (C=O) groups excluding carboxylic acids is 1. The van der Waals surface area contributed by atoms with Gasteiger partial charge in [0.25, 0.3) is 0 Å². The van der Waals surface area contributed by atoms with E-state index >= 15 is 0 Å². The first-order chi connectivity index (χ1) is 13.4. The molecule has 144 valence electrons. The van der Waals surface area contributed by atoms with Crippen LogP contribution in [0.3, 0.4) is 0 Å². The molecule has 1 amide bonds. The summed E-state index contributed by atoms with van der Waals surface area (Å²) < 4.78 is 36.5. The summed E-state index contributed by atoms with van der Waals surface area (Å²) in [5, 5.41) is 4.36. The summed E-state index contributed by atoms with van der Waals surface area (Å²) in [4.78, 5) is 12.6. The van der Waals surface area contributed by atoms with Crippen LogP contribution >= 0.6 is 0 Å². The Balaban J connectivity index is 1.61. The Labute approximate surface area is 162 Å². The Bertz CT molecular complexity index is 1150. The molecule has 1 aliphatic rings. The molecule has 7 nitrogen and oxygen atoms in total. The van der Waals surface area contributed by atoms with Gasteiger partial charge in [0.1, 0.15) is 6.54 Å². The molecule has 0 fully saturated rings. The number of sulfonamides is 1. The number of anilines is 2. The Hall–Kier alpha value is -3.26. The molecule has 0 saturated heterocycles. The number of hydrogen-bond donors (Lipinski definition) is 1. The van der Waals surface area contributed by atoms with Crippen molar-refractivity contribution in [3.8, 4) is 11.5 Å². The molecule has 0 radical (unpaired) electrons. The molecule has 0 unspecified atom stereocenters. The van der Waals surface area contributed by atoms with Crippen LogP contribution in [-0.2, 0) is 14.8 Å². The van der Waals surface area contributed by atoms with E-state index in [1.165, 1.54) is 0 Å². The fourth-order valence-electron chi connectivity index (χ4n) is 3.11. The highest BCUT2D eigenvalue weighted by atomic mass is 32.2. The Kier molecular flexibility index (Phi) is 4.56. The normalized spacial score (nSPS) is 12.8. The quantitative estimate of drug-likeness (QED) is 0.714. The van der Waals surface area contributed by atoms with Gasteiger partial charge in [-0.3, -0.25) is 9.10 Å². The summed E-state index contributed by atoms with van der Waals surface area (Å²) in [5.74, 6) is 0.676. The van der Waals surface area contributed by atoms with Gasteiger partial charge in [-0.1, -0.05) is 36.4 Å². The third-order valence-electron chi connectivity index (χ3n) is 4.38. The summed E-state index contributed by atoms with van der Waals surface area (Å²) in [5.41, 5.74) is 0.960. The van der Waals surface area contributed by atoms with Crippen LogP contribution in [0.5, 0.6) is 11.5 Å². The molecule has 8 heteroatoms. The molecule has 1 heterocycles. The van der Waals surface area contributed by atoms with Crippen molar-refractivity contribution < 1.29 is 22.7 Å². The van der Waals surface area contributed by atoms with Crippen LogP contribution in [-0.4, -0.2) is 33.9 Å². The molecule has 3 aromatic carbocycles. The van der Waals surface area contributed by atoms with Crippen molar-refractivity contribution >= 4 is 38.1 Å². The van der Waals surface area contributed by atoms with Gasteiger partial charge in [0.2, 0.25) is 22.7 Å². The maximum atomic E-state index is 12.6. The lowest BCUT2D eigenvalue weighted by molar-refractivity contribution is -0.114. The molecular weight excluding hydrogens is 380 g/mol. The summed E-state index contributed by atoms with van der Waals surface area (Å²) >= 11 is 0. The number of benzene rings is 3. The predicted octanol–water partition coefficient (Wildman–Crippen LogP) is 2.97. The zero-order chi connectivity index (χ0) is 19.7. The zero-order valence-electron chi connectivity index (χ0n) is 15.1. The average molecular weight is 398 g/mol. The summed E-state index contributed by atoms with van der Waals surface area (Å²) in [6.45, 7) is -0.211. The summed E-state index contributed by atoms with van der Waals surface area (Å²) in [6.07, 6.45) is 1.09. The first-order valence-electron chi connectivity index (χ1n) is 8.57. The molecule has 0 saturated carbocycles. The van der Waals surface area contributed by atoms with Gasteiger partial charge in [-0.2, -0.15) is 0 Å². The maximum Gasteiger partial charge on any atom is 0.245 e. The number of ether oxygens (including phenoxy) is 2. The van der Waals surface area contributed by atoms with Crippen molar-refractivity contribution in [2.75, 3.05) is 29.2 Å². The molecule has 1 N–H and O–H groups in total. The van der Waals surface area contributed by atoms with Crippen molar-refractivity contribution in [2.45, 2.75) is 0 Å². The number of hydrogen-bond acceptors (Lipinski definition) is 5. The van der Waals surface area contributed by atoms with E-state index in [4.69, 9.17) is 9.47 Å². The van der Waals surface area contributed by atoms with E-state index < -0.39 is 15.9 Å². The SMILES string of the molecule is CS(=O)(=O)N(CC(=O)Nc1ccc2c(c1)OCO2)c1cccc2ccccc12. The standard InChI is InChI=1S/C20H18N2O5S/c1-28(24,25)22(17-8-4-6-14-5-2-3-7-16(14)17)12-20(23)21-15-9-10-18-19(11-15)27-13-26-18/h2-11H,12-13H2,1H3,(H,21,23). The van der Waals surface area contributed by atoms with Gasteiger partial charge in [-0.25, -0.2) is 8.42 Å². The minimum atomic E-state index is -3.68. The summed E-state index contributed by atoms with van der Waals surface area (Å²) in [6, 6.07) is 17.8. The minimum absolute atomic E-state index is 0.135. The highest BCUT2D eigenvalue weighted by Gasteiger charge is 2.23. The zero-order valence-corrected chi connectivity index (χ0v) is 15.9. The second-order valence-electron chi connectivity index (χ2n) is 6.38. The fourth-order valence-corrected chi connectivity index (χ4v) is 3.98. The van der Waals surface area contributed by atoms with Crippen molar-refractivity contribution in [2.24, 2.45) is 0 Å². The molecule has 0 spiro atoms. The van der Waals surface area contributed by atoms with E-state index in [0.717, 1.165) is 21.3 Å². The number of nitrogens with zero attached hydrogens (tertiary/aromatic N) is 1. The van der Waals surface area contributed by atoms with Gasteiger partial charge in [-0.15, -0.1) is 0 Å². The maximum absolute atomic E-state index is 12.6. The third kappa shape index (κ3) is 3.59. The monoisotopic (exact) mass is 398 g/mol. The number of rotatable bonds is 5. The Morgan fingerprint density at radius 2 is 1.79 bits per heavy atom. The largest absolute Gasteiger partial charge is 0.454 e. The van der Waals surface area contributed by atoms with Crippen molar-refractivity contribution in [3.63, 3.8) is 0 Å². The van der Waals surface area contributed by atoms with Gasteiger partial charge < -0.3 is 14.8 Å². The van der Waals surface area contributed by atoms with E-state index in [1.54, 1.807) is 30.3 Å². The molecule has 0 bridgehead atoms. The Morgan fingerprint density at radius 3 is 2.61 bits per heavy atom. The first-order valence-corrected chi connectivity index (χ1v) is 10.4. The second kappa shape index (κ2) is 7.05. The number of nitrogens with one attached hydrogen (secondary N) is 1. The first kappa shape index (κ1) is 18.1. The third-order valence-corrected chi connectivity index (χ3v) is 5.51. The lowest BCUT2D eigenvalue weighted by atomic mass is 10.1. The Morgan fingerprint density at radius 1 is 1.04 bits per heavy atom. The average Bonchev–Trinajstić information content (AvgIpc) is 3.13. The highest BCUT2D eigenvalue weighted by molar-refractivity contribution is 7.92. The highest BCUT2D eigenvalue weighted by Crippen LogP contribution is 2.34. The molecule has 0 aliphatic carbocycles. The van der Waals surface area contributed by atoms with E-state index in [-0.39, 0.29) is 13.3 Å². The molecular formula is C20H18N2O5S. The smallest absolute Gasteiger partial charge is 0.245 e. The minimum Gasteiger partial charge on any atom is -0.454 e. The van der Waals surface area contributed by atoms with Crippen LogP contribution in [0.2, 0.25) is 0 Å². The van der Waals surface area contributed by atoms with Crippen LogP contribution in [0.25, 0.3) is 10.8 Å². The molecule has 28 heavy (non-hydrogen) atoms. The van der Waals surface area contributed by atoms with Gasteiger partial charge in [-0.05, 0) is 23.6 Å². The fraction of sp³-hybridized carbons (Fsp3) is 0.150. The van der Waals surface area contributed by atoms with Crippen LogP contribution in [0.4, 0.5) is 11.4 Å². The van der Waals surface area contributed by atoms with Gasteiger partial charge in [0, 0.05) is 17.1 Å². The molecule has 0 aromatic heterocycles. The van der Waals surface area contributed by atoms with Gasteiger partial charge in [0.15, 0.2) is 11.5 Å². The van der Waals surface area contributed by atoms with Gasteiger partial charge in [0.05, 0.1) is 11.9 Å².